The van der Waals surface area contributed by atoms with Gasteiger partial charge >= 0.3 is 6.09 Å². The zero-order valence-corrected chi connectivity index (χ0v) is 16.2. The van der Waals surface area contributed by atoms with Gasteiger partial charge in [-0.3, -0.25) is 9.36 Å². The molecule has 0 unspecified atom stereocenters. The van der Waals surface area contributed by atoms with E-state index in [9.17, 15) is 9.59 Å². The van der Waals surface area contributed by atoms with Crippen LogP contribution in [0.25, 0.3) is 10.9 Å². The highest BCUT2D eigenvalue weighted by atomic mass is 79.9. The minimum absolute atomic E-state index is 0.0754. The second-order valence-corrected chi connectivity index (χ2v) is 8.26. The van der Waals surface area contributed by atoms with Crippen LogP contribution in [0.3, 0.4) is 0 Å². The molecule has 3 rings (SSSR count). The lowest BCUT2D eigenvalue weighted by Crippen LogP contribution is -2.45. The Labute approximate surface area is 154 Å². The first-order valence-electron chi connectivity index (χ1n) is 8.39. The van der Waals surface area contributed by atoms with Gasteiger partial charge in [0.25, 0.3) is 5.56 Å². The van der Waals surface area contributed by atoms with Gasteiger partial charge in [-0.2, -0.15) is 0 Å². The van der Waals surface area contributed by atoms with Crippen molar-refractivity contribution in [3.8, 4) is 0 Å². The average Bonchev–Trinajstić information content (AvgIpc) is 2.53. The van der Waals surface area contributed by atoms with Crippen molar-refractivity contribution in [1.82, 2.24) is 14.5 Å². The van der Waals surface area contributed by atoms with Crippen LogP contribution in [-0.4, -0.2) is 39.2 Å². The molecule has 1 saturated heterocycles. The maximum absolute atomic E-state index is 12.8. The molecule has 1 fully saturated rings. The number of piperidine rings is 1. The maximum atomic E-state index is 12.8. The molecule has 0 bridgehead atoms. The monoisotopic (exact) mass is 407 g/mol. The van der Waals surface area contributed by atoms with Crippen LogP contribution >= 0.6 is 15.9 Å². The third kappa shape index (κ3) is 4.03. The summed E-state index contributed by atoms with van der Waals surface area (Å²) in [6.07, 6.45) is 2.92. The zero-order chi connectivity index (χ0) is 18.2. The fraction of sp³-hybridized carbons (Fsp3) is 0.500. The van der Waals surface area contributed by atoms with Gasteiger partial charge in [-0.25, -0.2) is 9.78 Å². The first-order chi connectivity index (χ1) is 11.7. The number of ether oxygens (including phenoxy) is 1. The lowest BCUT2D eigenvalue weighted by Gasteiger charge is -2.34. The first-order valence-corrected chi connectivity index (χ1v) is 9.18. The van der Waals surface area contributed by atoms with E-state index in [0.29, 0.717) is 24.0 Å². The van der Waals surface area contributed by atoms with E-state index < -0.39 is 5.60 Å². The Hall–Kier alpha value is -1.89. The molecule has 25 heavy (non-hydrogen) atoms. The molecular weight excluding hydrogens is 386 g/mol. The number of hydrogen-bond acceptors (Lipinski definition) is 4. The highest BCUT2D eigenvalue weighted by Gasteiger charge is 2.29. The number of carbonyl (C=O) groups is 1. The molecule has 1 amide bonds. The summed E-state index contributed by atoms with van der Waals surface area (Å²) in [5.74, 6) is 0. The van der Waals surface area contributed by atoms with Crippen molar-refractivity contribution < 1.29 is 9.53 Å². The molecule has 0 spiro atoms. The van der Waals surface area contributed by atoms with Gasteiger partial charge < -0.3 is 9.64 Å². The van der Waals surface area contributed by atoms with Crippen molar-refractivity contribution in [3.05, 3.63) is 39.4 Å². The molecule has 0 saturated carbocycles. The molecular formula is C18H22BrN3O3. The first kappa shape index (κ1) is 17.9. The second-order valence-electron chi connectivity index (χ2n) is 7.34. The third-order valence-corrected chi connectivity index (χ3v) is 4.68. The Morgan fingerprint density at radius 1 is 1.36 bits per heavy atom. The van der Waals surface area contributed by atoms with Crippen LogP contribution in [0.5, 0.6) is 0 Å². The number of fused-ring (bicyclic) bond motifs is 1. The summed E-state index contributed by atoms with van der Waals surface area (Å²) in [4.78, 5) is 31.2. The van der Waals surface area contributed by atoms with Gasteiger partial charge in [0, 0.05) is 17.6 Å². The van der Waals surface area contributed by atoms with Crippen molar-refractivity contribution in [2.75, 3.05) is 13.1 Å². The predicted molar refractivity (Wildman–Crippen MR) is 99.8 cm³/mol. The predicted octanol–water partition coefficient (Wildman–Crippen LogP) is 3.73. The standard InChI is InChI=1S/C18H22BrN3O3/c1-18(2,3)25-17(24)21-8-4-5-13(10-21)22-11-20-15-9-12(19)6-7-14(15)16(22)23/h6-7,9,11,13H,4-5,8,10H2,1-3H3/t13-/m1/s1. The molecule has 2 heterocycles. The number of halogens is 1. The molecule has 134 valence electrons. The molecule has 0 aliphatic carbocycles. The largest absolute Gasteiger partial charge is 0.444 e. The molecule has 0 radical (unpaired) electrons. The number of carbonyl (C=O) groups excluding carboxylic acids is 1. The second kappa shape index (κ2) is 6.78. The van der Waals surface area contributed by atoms with E-state index in [1.807, 2.05) is 32.9 Å². The molecule has 1 aliphatic heterocycles. The van der Waals surface area contributed by atoms with Crippen LogP contribution < -0.4 is 5.56 Å². The Kier molecular flexibility index (Phi) is 4.86. The van der Waals surface area contributed by atoms with Gasteiger partial charge in [-0.05, 0) is 51.8 Å². The van der Waals surface area contributed by atoms with Crippen LogP contribution in [0.1, 0.15) is 39.7 Å². The van der Waals surface area contributed by atoms with Crippen LogP contribution in [-0.2, 0) is 4.74 Å². The molecule has 2 aromatic rings. The minimum Gasteiger partial charge on any atom is -0.444 e. The quantitative estimate of drug-likeness (QED) is 0.722. The minimum atomic E-state index is -0.529. The topological polar surface area (TPSA) is 64.4 Å². The summed E-state index contributed by atoms with van der Waals surface area (Å²) in [6.45, 7) is 6.65. The van der Waals surface area contributed by atoms with E-state index in [1.54, 1.807) is 21.9 Å². The highest BCUT2D eigenvalue weighted by Crippen LogP contribution is 2.23. The van der Waals surface area contributed by atoms with Crippen LogP contribution in [0.4, 0.5) is 4.79 Å². The number of amides is 1. The van der Waals surface area contributed by atoms with E-state index in [4.69, 9.17) is 4.74 Å². The fourth-order valence-electron chi connectivity index (χ4n) is 3.04. The lowest BCUT2D eigenvalue weighted by molar-refractivity contribution is 0.0171. The van der Waals surface area contributed by atoms with Gasteiger partial charge in [-0.1, -0.05) is 15.9 Å². The van der Waals surface area contributed by atoms with Crippen LogP contribution in [0.15, 0.2) is 33.8 Å². The van der Waals surface area contributed by atoms with Gasteiger partial charge in [0.05, 0.1) is 23.3 Å². The summed E-state index contributed by atoms with van der Waals surface area (Å²) < 4.78 is 7.99. The molecule has 1 aromatic carbocycles. The number of hydrogen-bond donors (Lipinski definition) is 0. The lowest BCUT2D eigenvalue weighted by atomic mass is 10.1. The molecule has 0 N–H and O–H groups in total. The van der Waals surface area contributed by atoms with Gasteiger partial charge in [0.1, 0.15) is 5.60 Å². The molecule has 1 atom stereocenters. The smallest absolute Gasteiger partial charge is 0.410 e. The Morgan fingerprint density at radius 3 is 2.84 bits per heavy atom. The summed E-state index contributed by atoms with van der Waals surface area (Å²) in [5.41, 5.74) is 0.0580. The van der Waals surface area contributed by atoms with Crippen molar-refractivity contribution in [2.24, 2.45) is 0 Å². The van der Waals surface area contributed by atoms with E-state index in [0.717, 1.165) is 17.3 Å². The number of benzene rings is 1. The van der Waals surface area contributed by atoms with Crippen molar-refractivity contribution in [1.29, 1.82) is 0 Å². The number of nitrogens with zero attached hydrogens (tertiary/aromatic N) is 3. The number of likely N-dealkylation sites (tertiary alicyclic amines) is 1. The molecule has 7 heteroatoms. The van der Waals surface area contributed by atoms with E-state index in [-0.39, 0.29) is 17.7 Å². The van der Waals surface area contributed by atoms with E-state index in [2.05, 4.69) is 20.9 Å². The van der Waals surface area contributed by atoms with E-state index in [1.165, 1.54) is 0 Å². The molecule has 1 aromatic heterocycles. The SMILES string of the molecule is CC(C)(C)OC(=O)N1CCC[C@@H](n2cnc3cc(Br)ccc3c2=O)C1. The normalized spacial score (nSPS) is 18.4. The zero-order valence-electron chi connectivity index (χ0n) is 14.7. The van der Waals surface area contributed by atoms with E-state index >= 15 is 0 Å². The number of aromatic nitrogens is 2. The van der Waals surface area contributed by atoms with Crippen molar-refractivity contribution >= 4 is 32.9 Å². The van der Waals surface area contributed by atoms with Crippen LogP contribution in [0.2, 0.25) is 0 Å². The Bertz CT molecular complexity index is 857. The summed E-state index contributed by atoms with van der Waals surface area (Å²) in [6, 6.07) is 5.35. The highest BCUT2D eigenvalue weighted by molar-refractivity contribution is 9.10. The van der Waals surface area contributed by atoms with Crippen molar-refractivity contribution in [2.45, 2.75) is 45.3 Å². The fourth-order valence-corrected chi connectivity index (χ4v) is 3.39. The van der Waals surface area contributed by atoms with Gasteiger partial charge in [0.2, 0.25) is 0 Å². The summed E-state index contributed by atoms with van der Waals surface area (Å²) >= 11 is 3.39. The Morgan fingerprint density at radius 2 is 2.12 bits per heavy atom. The average molecular weight is 408 g/mol. The molecule has 6 nitrogen and oxygen atoms in total. The molecule has 1 aliphatic rings. The van der Waals surface area contributed by atoms with Gasteiger partial charge in [-0.15, -0.1) is 0 Å². The summed E-state index contributed by atoms with van der Waals surface area (Å²) in [7, 11) is 0. The summed E-state index contributed by atoms with van der Waals surface area (Å²) in [5, 5.41) is 0.583. The Balaban J connectivity index is 1.85. The van der Waals surface area contributed by atoms with Gasteiger partial charge in [0.15, 0.2) is 0 Å². The van der Waals surface area contributed by atoms with Crippen LogP contribution in [0, 0.1) is 0 Å². The number of rotatable bonds is 1. The van der Waals surface area contributed by atoms with Crippen molar-refractivity contribution in [3.63, 3.8) is 0 Å². The maximum Gasteiger partial charge on any atom is 0.410 e. The third-order valence-electron chi connectivity index (χ3n) is 4.19.